The van der Waals surface area contributed by atoms with Crippen molar-refractivity contribution in [3.63, 3.8) is 0 Å². The molecular weight excluding hydrogens is 386 g/mol. The van der Waals surface area contributed by atoms with Gasteiger partial charge in [0.05, 0.1) is 16.3 Å². The quantitative estimate of drug-likeness (QED) is 0.608. The molecule has 0 fully saturated rings. The van der Waals surface area contributed by atoms with Gasteiger partial charge in [-0.25, -0.2) is 4.98 Å². The molecule has 2 heterocycles. The summed E-state index contributed by atoms with van der Waals surface area (Å²) in [6.45, 7) is 1.83. The van der Waals surface area contributed by atoms with Crippen LogP contribution in [0.2, 0.25) is 0 Å². The normalized spacial score (nSPS) is 10.6. The highest BCUT2D eigenvalue weighted by molar-refractivity contribution is 8.13. The number of thiazole rings is 1. The number of anilines is 1. The average Bonchev–Trinajstić information content (AvgIpc) is 3.25. The molecule has 26 heavy (non-hydrogen) atoms. The lowest BCUT2D eigenvalue weighted by atomic mass is 10.3. The molecule has 134 valence electrons. The highest BCUT2D eigenvalue weighted by atomic mass is 32.2. The Balaban J connectivity index is 1.82. The molecule has 0 radical (unpaired) electrons. The molecule has 0 bridgehead atoms. The van der Waals surface area contributed by atoms with Crippen molar-refractivity contribution in [2.75, 3.05) is 19.4 Å². The van der Waals surface area contributed by atoms with Crippen molar-refractivity contribution in [1.82, 2.24) is 9.88 Å². The minimum Gasteiger partial charge on any atom is -0.339 e. The smallest absolute Gasteiger partial charge is 0.286 e. The van der Waals surface area contributed by atoms with Gasteiger partial charge in [-0.05, 0) is 42.3 Å². The molecule has 0 aliphatic heterocycles. The number of aromatic nitrogens is 1. The lowest BCUT2D eigenvalue weighted by Gasteiger charge is -2.12. The van der Waals surface area contributed by atoms with Crippen molar-refractivity contribution in [1.29, 1.82) is 0 Å². The first-order valence-electron chi connectivity index (χ1n) is 7.76. The van der Waals surface area contributed by atoms with Gasteiger partial charge in [-0.2, -0.15) is 0 Å². The molecule has 0 saturated heterocycles. The fraction of sp³-hybridized carbons (Fsp3) is 0.167. The predicted molar refractivity (Wildman–Crippen MR) is 109 cm³/mol. The van der Waals surface area contributed by atoms with Gasteiger partial charge in [0.15, 0.2) is 0 Å². The third-order valence-electron chi connectivity index (χ3n) is 3.43. The number of thiophene rings is 1. The number of aryl methyl sites for hydroxylation is 1. The van der Waals surface area contributed by atoms with E-state index < -0.39 is 0 Å². The second-order valence-electron chi connectivity index (χ2n) is 5.62. The zero-order chi connectivity index (χ0) is 18.7. The number of hydrogen-bond donors (Lipinski definition) is 1. The summed E-state index contributed by atoms with van der Waals surface area (Å²) in [4.78, 5) is 33.1. The zero-order valence-electron chi connectivity index (χ0n) is 14.5. The van der Waals surface area contributed by atoms with E-state index in [1.165, 1.54) is 16.2 Å². The lowest BCUT2D eigenvalue weighted by molar-refractivity contribution is 0.102. The second-order valence-corrected chi connectivity index (χ2v) is 8.56. The van der Waals surface area contributed by atoms with Gasteiger partial charge in [0, 0.05) is 19.0 Å². The standard InChI is InChI=1S/C18H17N3O2S3/c1-11-15(26-17(19-11)14-9-6-10-24-14)16(22)20-12-7-4-5-8-13(12)25-18(23)21(2)3/h4-10H,1-3H3,(H,20,22). The van der Waals surface area contributed by atoms with Crippen LogP contribution in [0.25, 0.3) is 9.88 Å². The summed E-state index contributed by atoms with van der Waals surface area (Å²) < 4.78 is 0. The van der Waals surface area contributed by atoms with Gasteiger partial charge >= 0.3 is 0 Å². The van der Waals surface area contributed by atoms with Gasteiger partial charge in [0.2, 0.25) is 0 Å². The van der Waals surface area contributed by atoms with Crippen molar-refractivity contribution in [3.8, 4) is 9.88 Å². The van der Waals surface area contributed by atoms with Crippen LogP contribution in [-0.2, 0) is 0 Å². The summed E-state index contributed by atoms with van der Waals surface area (Å²) >= 11 is 4.06. The number of carbonyl (C=O) groups is 2. The zero-order valence-corrected chi connectivity index (χ0v) is 16.9. The molecule has 5 nitrogen and oxygen atoms in total. The highest BCUT2D eigenvalue weighted by Crippen LogP contribution is 2.33. The summed E-state index contributed by atoms with van der Waals surface area (Å²) in [5.41, 5.74) is 1.31. The SMILES string of the molecule is Cc1nc(-c2cccs2)sc1C(=O)Nc1ccccc1SC(=O)N(C)C. The van der Waals surface area contributed by atoms with Gasteiger partial charge in [0.25, 0.3) is 11.1 Å². The maximum Gasteiger partial charge on any atom is 0.286 e. The lowest BCUT2D eigenvalue weighted by Crippen LogP contribution is -2.17. The summed E-state index contributed by atoms with van der Waals surface area (Å²) in [6, 6.07) is 11.2. The summed E-state index contributed by atoms with van der Waals surface area (Å²) in [6.07, 6.45) is 0. The molecular formula is C18H17N3O2S3. The Hall–Kier alpha value is -2.16. The first-order valence-corrected chi connectivity index (χ1v) is 10.3. The Morgan fingerprint density at radius 2 is 1.92 bits per heavy atom. The molecule has 3 rings (SSSR count). The number of nitrogens with one attached hydrogen (secondary N) is 1. The summed E-state index contributed by atoms with van der Waals surface area (Å²) in [7, 11) is 3.40. The molecule has 0 spiro atoms. The van der Waals surface area contributed by atoms with Crippen LogP contribution in [0.4, 0.5) is 10.5 Å². The van der Waals surface area contributed by atoms with Crippen LogP contribution in [0.3, 0.4) is 0 Å². The van der Waals surface area contributed by atoms with E-state index in [4.69, 9.17) is 0 Å². The average molecular weight is 404 g/mol. The first-order chi connectivity index (χ1) is 12.5. The fourth-order valence-corrected chi connectivity index (χ4v) is 4.64. The molecule has 0 atom stereocenters. The molecule has 0 aliphatic rings. The van der Waals surface area contributed by atoms with Crippen molar-refractivity contribution >= 4 is 51.3 Å². The Labute approximate surface area is 164 Å². The fourth-order valence-electron chi connectivity index (χ4n) is 2.14. The van der Waals surface area contributed by atoms with E-state index in [1.807, 2.05) is 42.6 Å². The van der Waals surface area contributed by atoms with Crippen LogP contribution < -0.4 is 5.32 Å². The predicted octanol–water partition coefficient (Wildman–Crippen LogP) is 5.21. The van der Waals surface area contributed by atoms with E-state index in [0.29, 0.717) is 21.2 Å². The van der Waals surface area contributed by atoms with E-state index in [-0.39, 0.29) is 11.1 Å². The van der Waals surface area contributed by atoms with E-state index in [9.17, 15) is 9.59 Å². The number of thioether (sulfide) groups is 1. The maximum atomic E-state index is 12.7. The molecule has 8 heteroatoms. The highest BCUT2D eigenvalue weighted by Gasteiger charge is 2.19. The number of carbonyl (C=O) groups excluding carboxylic acids is 2. The third-order valence-corrected chi connectivity index (χ3v) is 6.74. The Morgan fingerprint density at radius 3 is 2.62 bits per heavy atom. The minimum atomic E-state index is -0.215. The van der Waals surface area contributed by atoms with Crippen LogP contribution in [-0.4, -0.2) is 35.1 Å². The van der Waals surface area contributed by atoms with Crippen LogP contribution in [0.15, 0.2) is 46.7 Å². The molecule has 2 aromatic heterocycles. The molecule has 2 amide bonds. The Morgan fingerprint density at radius 1 is 1.15 bits per heavy atom. The Kier molecular flexibility index (Phi) is 5.75. The summed E-state index contributed by atoms with van der Waals surface area (Å²) in [5, 5.41) is 5.65. The Bertz CT molecular complexity index is 933. The number of benzene rings is 1. The number of rotatable bonds is 4. The molecule has 3 aromatic rings. The largest absolute Gasteiger partial charge is 0.339 e. The second kappa shape index (κ2) is 8.03. The number of nitrogens with zero attached hydrogens (tertiary/aromatic N) is 2. The van der Waals surface area contributed by atoms with Crippen LogP contribution >= 0.6 is 34.4 Å². The van der Waals surface area contributed by atoms with Crippen molar-refractivity contribution < 1.29 is 9.59 Å². The maximum absolute atomic E-state index is 12.7. The van der Waals surface area contributed by atoms with Crippen molar-refractivity contribution in [3.05, 3.63) is 52.3 Å². The topological polar surface area (TPSA) is 62.3 Å². The monoisotopic (exact) mass is 403 g/mol. The van der Waals surface area contributed by atoms with E-state index >= 15 is 0 Å². The third kappa shape index (κ3) is 4.14. The van der Waals surface area contributed by atoms with Crippen LogP contribution in [0.5, 0.6) is 0 Å². The molecule has 0 saturated carbocycles. The summed E-state index contributed by atoms with van der Waals surface area (Å²) in [5.74, 6) is -0.215. The van der Waals surface area contributed by atoms with E-state index in [2.05, 4.69) is 10.3 Å². The molecule has 1 aromatic carbocycles. The van der Waals surface area contributed by atoms with Gasteiger partial charge in [0.1, 0.15) is 9.88 Å². The molecule has 0 aliphatic carbocycles. The van der Waals surface area contributed by atoms with Crippen molar-refractivity contribution in [2.45, 2.75) is 11.8 Å². The molecule has 0 unspecified atom stereocenters. The number of amides is 2. The van der Waals surface area contributed by atoms with Crippen molar-refractivity contribution in [2.24, 2.45) is 0 Å². The van der Waals surface area contributed by atoms with E-state index in [1.54, 1.807) is 31.5 Å². The van der Waals surface area contributed by atoms with Gasteiger partial charge < -0.3 is 10.2 Å². The van der Waals surface area contributed by atoms with Crippen LogP contribution in [0, 0.1) is 6.92 Å². The van der Waals surface area contributed by atoms with E-state index in [0.717, 1.165) is 21.6 Å². The van der Waals surface area contributed by atoms with Gasteiger partial charge in [-0.15, -0.1) is 22.7 Å². The number of hydrogen-bond acceptors (Lipinski definition) is 6. The number of para-hydroxylation sites is 1. The first kappa shape index (κ1) is 18.6. The molecule has 1 N–H and O–H groups in total. The minimum absolute atomic E-state index is 0.0966. The van der Waals surface area contributed by atoms with Gasteiger partial charge in [-0.3, -0.25) is 9.59 Å². The van der Waals surface area contributed by atoms with Crippen LogP contribution in [0.1, 0.15) is 15.4 Å². The van der Waals surface area contributed by atoms with Gasteiger partial charge in [-0.1, -0.05) is 18.2 Å².